The van der Waals surface area contributed by atoms with Gasteiger partial charge in [0.1, 0.15) is 0 Å². The molecule has 4 heteroatoms. The zero-order valence-electron chi connectivity index (χ0n) is 15.4. The number of rotatable bonds is 4. The monoisotopic (exact) mass is 328 g/mol. The summed E-state index contributed by atoms with van der Waals surface area (Å²) in [6.45, 7) is 8.62. The fourth-order valence-electron chi connectivity index (χ4n) is 3.18. The summed E-state index contributed by atoms with van der Waals surface area (Å²) in [6.07, 6.45) is 12.1. The molecule has 0 spiro atoms. The van der Waals surface area contributed by atoms with Crippen LogP contribution < -0.4 is 0 Å². The fourth-order valence-corrected chi connectivity index (χ4v) is 3.18. The SMILES string of the molecule is C1CCCCC1.Cc1c(C)c(C)c(CN=C=O)c(CN=C=O)c1C. The second kappa shape index (κ2) is 10.7. The van der Waals surface area contributed by atoms with E-state index in [-0.39, 0.29) is 13.1 Å². The molecule has 130 valence electrons. The molecular formula is C20H28N2O2. The summed E-state index contributed by atoms with van der Waals surface area (Å²) >= 11 is 0. The lowest BCUT2D eigenvalue weighted by Crippen LogP contribution is -2.05. The quantitative estimate of drug-likeness (QED) is 0.581. The highest BCUT2D eigenvalue weighted by molar-refractivity contribution is 5.51. The summed E-state index contributed by atoms with van der Waals surface area (Å²) in [5.74, 6) is 0. The standard InChI is InChI=1S/C14H16N2O2.C6H12/c1-9-10(2)12(4)14(6-16-8-18)13(11(9)3)5-15-7-17;1-2-4-6-5-3-1/h5-6H2,1-4H3;1-6H2. The van der Waals surface area contributed by atoms with Gasteiger partial charge in [-0.05, 0) is 61.1 Å². The first kappa shape index (κ1) is 20.0. The van der Waals surface area contributed by atoms with Gasteiger partial charge in [0.2, 0.25) is 12.2 Å². The molecule has 1 aromatic carbocycles. The highest BCUT2D eigenvalue weighted by atomic mass is 16.1. The first-order valence-corrected chi connectivity index (χ1v) is 8.70. The van der Waals surface area contributed by atoms with Gasteiger partial charge < -0.3 is 0 Å². The number of isocyanates is 2. The molecule has 4 nitrogen and oxygen atoms in total. The summed E-state index contributed by atoms with van der Waals surface area (Å²) in [6, 6.07) is 0. The van der Waals surface area contributed by atoms with E-state index in [1.54, 1.807) is 12.2 Å². The largest absolute Gasteiger partial charge is 0.235 e. The van der Waals surface area contributed by atoms with Crippen molar-refractivity contribution in [2.45, 2.75) is 79.3 Å². The molecule has 1 aliphatic carbocycles. The molecule has 0 heterocycles. The van der Waals surface area contributed by atoms with Crippen LogP contribution in [-0.2, 0) is 22.7 Å². The average Bonchev–Trinajstić information content (AvgIpc) is 2.63. The molecule has 0 radical (unpaired) electrons. The molecule has 0 aromatic heterocycles. The molecule has 0 N–H and O–H groups in total. The highest BCUT2D eigenvalue weighted by Crippen LogP contribution is 2.27. The van der Waals surface area contributed by atoms with E-state index in [1.165, 1.54) is 49.7 Å². The van der Waals surface area contributed by atoms with Gasteiger partial charge in [0, 0.05) is 0 Å². The van der Waals surface area contributed by atoms with E-state index in [2.05, 4.69) is 9.98 Å². The topological polar surface area (TPSA) is 58.9 Å². The molecule has 1 aromatic rings. The minimum atomic E-state index is 0.279. The molecule has 2 rings (SSSR count). The Kier molecular flexibility index (Phi) is 8.93. The Bertz CT molecular complexity index is 586. The van der Waals surface area contributed by atoms with Crippen LogP contribution in [-0.4, -0.2) is 12.2 Å². The summed E-state index contributed by atoms with van der Waals surface area (Å²) in [4.78, 5) is 27.8. The fraction of sp³-hybridized carbons (Fsp3) is 0.600. The predicted molar refractivity (Wildman–Crippen MR) is 96.7 cm³/mol. The maximum absolute atomic E-state index is 10.3. The Labute approximate surface area is 145 Å². The molecular weight excluding hydrogens is 300 g/mol. The Balaban J connectivity index is 0.000000400. The Morgan fingerprint density at radius 2 is 0.917 bits per heavy atom. The van der Waals surface area contributed by atoms with Crippen molar-refractivity contribution in [2.24, 2.45) is 9.98 Å². The molecule has 1 saturated carbocycles. The van der Waals surface area contributed by atoms with Crippen LogP contribution in [0.2, 0.25) is 0 Å². The molecule has 0 atom stereocenters. The molecule has 0 aliphatic heterocycles. The number of carbonyl (C=O) groups excluding carboxylic acids is 2. The van der Waals surface area contributed by atoms with Crippen LogP contribution >= 0.6 is 0 Å². The summed E-state index contributed by atoms with van der Waals surface area (Å²) in [5, 5.41) is 0. The van der Waals surface area contributed by atoms with Gasteiger partial charge in [0.05, 0.1) is 13.1 Å². The lowest BCUT2D eigenvalue weighted by molar-refractivity contribution is 0.504. The van der Waals surface area contributed by atoms with Crippen LogP contribution in [0, 0.1) is 27.7 Å². The zero-order chi connectivity index (χ0) is 17.9. The summed E-state index contributed by atoms with van der Waals surface area (Å²) in [5.41, 5.74) is 6.46. The van der Waals surface area contributed by atoms with E-state index in [1.807, 2.05) is 27.7 Å². The van der Waals surface area contributed by atoms with E-state index < -0.39 is 0 Å². The molecule has 1 aliphatic rings. The molecule has 0 saturated heterocycles. The molecule has 24 heavy (non-hydrogen) atoms. The Morgan fingerprint density at radius 3 is 1.17 bits per heavy atom. The van der Waals surface area contributed by atoms with Crippen molar-refractivity contribution in [3.8, 4) is 0 Å². The lowest BCUT2D eigenvalue weighted by Gasteiger charge is -2.18. The third kappa shape index (κ3) is 5.56. The third-order valence-corrected chi connectivity index (χ3v) is 5.06. The maximum Gasteiger partial charge on any atom is 0.235 e. The van der Waals surface area contributed by atoms with Crippen molar-refractivity contribution < 1.29 is 9.59 Å². The maximum atomic E-state index is 10.3. The molecule has 0 unspecified atom stereocenters. The number of hydrogen-bond donors (Lipinski definition) is 0. The van der Waals surface area contributed by atoms with Crippen LogP contribution in [0.1, 0.15) is 71.9 Å². The summed E-state index contributed by atoms with van der Waals surface area (Å²) < 4.78 is 0. The average molecular weight is 328 g/mol. The minimum absolute atomic E-state index is 0.279. The van der Waals surface area contributed by atoms with Crippen molar-refractivity contribution in [2.75, 3.05) is 0 Å². The van der Waals surface area contributed by atoms with E-state index in [4.69, 9.17) is 0 Å². The van der Waals surface area contributed by atoms with Crippen molar-refractivity contribution in [1.82, 2.24) is 0 Å². The van der Waals surface area contributed by atoms with E-state index in [0.717, 1.165) is 22.3 Å². The normalized spacial score (nSPS) is 13.2. The third-order valence-electron chi connectivity index (χ3n) is 5.06. The first-order chi connectivity index (χ1) is 11.5. The zero-order valence-corrected chi connectivity index (χ0v) is 15.4. The van der Waals surface area contributed by atoms with Gasteiger partial charge in [-0.15, -0.1) is 0 Å². The molecule has 0 bridgehead atoms. The molecule has 1 fully saturated rings. The van der Waals surface area contributed by atoms with Gasteiger partial charge in [-0.1, -0.05) is 38.5 Å². The number of hydrogen-bond acceptors (Lipinski definition) is 4. The van der Waals surface area contributed by atoms with Crippen LogP contribution in [0.3, 0.4) is 0 Å². The van der Waals surface area contributed by atoms with Crippen molar-refractivity contribution >= 4 is 12.2 Å². The van der Waals surface area contributed by atoms with Gasteiger partial charge in [-0.3, -0.25) is 0 Å². The first-order valence-electron chi connectivity index (χ1n) is 8.70. The van der Waals surface area contributed by atoms with Gasteiger partial charge in [-0.2, -0.15) is 0 Å². The van der Waals surface area contributed by atoms with E-state index in [0.29, 0.717) is 0 Å². The minimum Gasteiger partial charge on any atom is -0.211 e. The number of aliphatic imine (C=N–C) groups is 2. The van der Waals surface area contributed by atoms with Gasteiger partial charge in [0.15, 0.2) is 0 Å². The van der Waals surface area contributed by atoms with Crippen LogP contribution in [0.25, 0.3) is 0 Å². The van der Waals surface area contributed by atoms with E-state index in [9.17, 15) is 9.59 Å². The van der Waals surface area contributed by atoms with Gasteiger partial charge in [0.25, 0.3) is 0 Å². The Hall–Kier alpha value is -2.02. The number of nitrogens with zero attached hydrogens (tertiary/aromatic N) is 2. The second-order valence-electron chi connectivity index (χ2n) is 6.39. The van der Waals surface area contributed by atoms with Crippen molar-refractivity contribution in [3.05, 3.63) is 33.4 Å². The highest BCUT2D eigenvalue weighted by Gasteiger charge is 2.14. The van der Waals surface area contributed by atoms with Gasteiger partial charge >= 0.3 is 0 Å². The van der Waals surface area contributed by atoms with Crippen LogP contribution in [0.4, 0.5) is 0 Å². The van der Waals surface area contributed by atoms with Crippen molar-refractivity contribution in [3.63, 3.8) is 0 Å². The van der Waals surface area contributed by atoms with E-state index >= 15 is 0 Å². The Morgan fingerprint density at radius 1 is 0.625 bits per heavy atom. The van der Waals surface area contributed by atoms with Crippen LogP contribution in [0.5, 0.6) is 0 Å². The smallest absolute Gasteiger partial charge is 0.211 e. The molecule has 0 amide bonds. The summed E-state index contributed by atoms with van der Waals surface area (Å²) in [7, 11) is 0. The van der Waals surface area contributed by atoms with Crippen LogP contribution in [0.15, 0.2) is 9.98 Å². The van der Waals surface area contributed by atoms with Crippen molar-refractivity contribution in [1.29, 1.82) is 0 Å². The predicted octanol–water partition coefficient (Wildman–Crippen LogP) is 4.93. The number of benzene rings is 1. The lowest BCUT2D eigenvalue weighted by atomic mass is 9.89. The van der Waals surface area contributed by atoms with Gasteiger partial charge in [-0.25, -0.2) is 19.6 Å². The second-order valence-corrected chi connectivity index (χ2v) is 6.39.